The number of fused-ring (bicyclic) bond motifs is 1. The number of carbonyl (C=O) groups is 3. The Hall–Kier alpha value is -3.15. The van der Waals surface area contributed by atoms with Crippen molar-refractivity contribution in [3.63, 3.8) is 0 Å². The van der Waals surface area contributed by atoms with Crippen LogP contribution < -0.4 is 10.1 Å². The largest absolute Gasteiger partial charge is 0.494 e. The van der Waals surface area contributed by atoms with E-state index >= 15 is 0 Å². The number of unbranched alkanes of at least 4 members (excludes halogenated alkanes) is 1. The summed E-state index contributed by atoms with van der Waals surface area (Å²) in [5.41, 5.74) is 1.63. The van der Waals surface area contributed by atoms with Gasteiger partial charge in [0.15, 0.2) is 0 Å². The van der Waals surface area contributed by atoms with Crippen molar-refractivity contribution in [1.82, 2.24) is 4.90 Å². The van der Waals surface area contributed by atoms with Crippen molar-refractivity contribution in [2.75, 3.05) is 18.5 Å². The molecule has 0 spiro atoms. The van der Waals surface area contributed by atoms with Crippen molar-refractivity contribution in [3.8, 4) is 5.75 Å². The van der Waals surface area contributed by atoms with Gasteiger partial charge in [-0.2, -0.15) is 0 Å². The van der Waals surface area contributed by atoms with E-state index in [2.05, 4.69) is 12.2 Å². The molecule has 32 heavy (non-hydrogen) atoms. The van der Waals surface area contributed by atoms with Crippen LogP contribution in [0, 0.1) is 11.8 Å². The number of hydrogen-bond donors (Lipinski definition) is 1. The molecule has 1 N–H and O–H groups in total. The molecule has 0 aromatic heterocycles. The monoisotopic (exact) mass is 434 g/mol. The van der Waals surface area contributed by atoms with Crippen LogP contribution in [0.3, 0.4) is 0 Å². The number of amides is 3. The second-order valence-corrected chi connectivity index (χ2v) is 8.63. The minimum Gasteiger partial charge on any atom is -0.494 e. The Bertz CT molecular complexity index is 951. The van der Waals surface area contributed by atoms with Crippen molar-refractivity contribution in [1.29, 1.82) is 0 Å². The summed E-state index contributed by atoms with van der Waals surface area (Å²) in [4.78, 5) is 40.0. The molecule has 1 fully saturated rings. The van der Waals surface area contributed by atoms with Crippen LogP contribution in [0.4, 0.5) is 5.69 Å². The normalized spacial score (nSPS) is 20.2. The van der Waals surface area contributed by atoms with Crippen LogP contribution in [0.5, 0.6) is 5.75 Å². The molecule has 6 nitrogen and oxygen atoms in total. The number of ether oxygens (including phenoxy) is 1. The van der Waals surface area contributed by atoms with E-state index < -0.39 is 0 Å². The van der Waals surface area contributed by atoms with Gasteiger partial charge in [-0.3, -0.25) is 19.3 Å². The first kappa shape index (κ1) is 22.1. The van der Waals surface area contributed by atoms with E-state index in [0.717, 1.165) is 50.0 Å². The van der Waals surface area contributed by atoms with Gasteiger partial charge in [0.1, 0.15) is 5.75 Å². The molecule has 0 bridgehead atoms. The number of nitrogens with one attached hydrogen (secondary N) is 1. The van der Waals surface area contributed by atoms with Crippen molar-refractivity contribution >= 4 is 23.4 Å². The smallest absolute Gasteiger partial charge is 0.261 e. The van der Waals surface area contributed by atoms with Gasteiger partial charge in [0.05, 0.1) is 17.7 Å². The summed E-state index contributed by atoms with van der Waals surface area (Å²) in [5.74, 6) is -0.0391. The zero-order chi connectivity index (χ0) is 22.5. The van der Waals surface area contributed by atoms with Crippen LogP contribution in [-0.4, -0.2) is 35.8 Å². The standard InChI is InChI=1S/C26H30N2O4/c1-2-3-16-32-20-14-12-19(13-15-20)27-24(29)21-9-5-4-8-18(21)17-28-25(30)22-10-6-7-11-23(22)26(28)31/h6-7,10-15,18,21H,2-5,8-9,16-17H2,1H3,(H,27,29). The van der Waals surface area contributed by atoms with Crippen molar-refractivity contribution in [3.05, 3.63) is 59.7 Å². The van der Waals surface area contributed by atoms with Gasteiger partial charge < -0.3 is 10.1 Å². The Kier molecular flexibility index (Phi) is 6.88. The van der Waals surface area contributed by atoms with Crippen LogP contribution in [0.2, 0.25) is 0 Å². The van der Waals surface area contributed by atoms with Crippen molar-refractivity contribution in [2.24, 2.45) is 11.8 Å². The molecule has 2 atom stereocenters. The summed E-state index contributed by atoms with van der Waals surface area (Å²) in [5, 5.41) is 3.02. The lowest BCUT2D eigenvalue weighted by atomic mass is 9.78. The van der Waals surface area contributed by atoms with E-state index in [1.54, 1.807) is 24.3 Å². The molecule has 1 saturated carbocycles. The lowest BCUT2D eigenvalue weighted by molar-refractivity contribution is -0.122. The number of anilines is 1. The molecule has 1 heterocycles. The van der Waals surface area contributed by atoms with E-state index in [-0.39, 0.29) is 36.1 Å². The lowest BCUT2D eigenvalue weighted by Gasteiger charge is -2.32. The van der Waals surface area contributed by atoms with Crippen LogP contribution in [0.25, 0.3) is 0 Å². The van der Waals surface area contributed by atoms with E-state index in [4.69, 9.17) is 4.74 Å². The summed E-state index contributed by atoms with van der Waals surface area (Å²) in [6.45, 7) is 3.09. The molecule has 2 aliphatic rings. The maximum absolute atomic E-state index is 13.1. The minimum absolute atomic E-state index is 0.0392. The van der Waals surface area contributed by atoms with Gasteiger partial charge in [0.25, 0.3) is 11.8 Å². The van der Waals surface area contributed by atoms with Gasteiger partial charge in [-0.05, 0) is 61.6 Å². The molecular weight excluding hydrogens is 404 g/mol. The molecular formula is C26H30N2O4. The van der Waals surface area contributed by atoms with Gasteiger partial charge in [-0.25, -0.2) is 0 Å². The fraction of sp³-hybridized carbons (Fsp3) is 0.423. The number of imide groups is 1. The average Bonchev–Trinajstić information content (AvgIpc) is 3.06. The number of hydrogen-bond acceptors (Lipinski definition) is 4. The van der Waals surface area contributed by atoms with Gasteiger partial charge in [0.2, 0.25) is 5.91 Å². The molecule has 2 aromatic carbocycles. The van der Waals surface area contributed by atoms with E-state index in [1.807, 2.05) is 24.3 Å². The second-order valence-electron chi connectivity index (χ2n) is 8.63. The van der Waals surface area contributed by atoms with Gasteiger partial charge in [-0.15, -0.1) is 0 Å². The predicted octanol–water partition coefficient (Wildman–Crippen LogP) is 4.91. The van der Waals surface area contributed by atoms with Gasteiger partial charge >= 0.3 is 0 Å². The number of rotatable bonds is 8. The molecule has 6 heteroatoms. The topological polar surface area (TPSA) is 75.7 Å². The highest BCUT2D eigenvalue weighted by molar-refractivity contribution is 6.21. The summed E-state index contributed by atoms with van der Waals surface area (Å²) in [7, 11) is 0. The van der Waals surface area contributed by atoms with Crippen LogP contribution in [0.1, 0.15) is 66.2 Å². The van der Waals surface area contributed by atoms with Gasteiger partial charge in [0, 0.05) is 18.2 Å². The maximum Gasteiger partial charge on any atom is 0.261 e. The van der Waals surface area contributed by atoms with Crippen LogP contribution in [0.15, 0.2) is 48.5 Å². The highest BCUT2D eigenvalue weighted by Gasteiger charge is 2.40. The maximum atomic E-state index is 13.1. The second kappa shape index (κ2) is 9.98. The number of carbonyl (C=O) groups excluding carboxylic acids is 3. The molecule has 3 amide bonds. The highest BCUT2D eigenvalue weighted by Crippen LogP contribution is 2.34. The SMILES string of the molecule is CCCCOc1ccc(NC(=O)C2CCCCC2CN2C(=O)c3ccccc3C2=O)cc1. The Balaban J connectivity index is 1.40. The minimum atomic E-state index is -0.256. The molecule has 2 unspecified atom stereocenters. The Morgan fingerprint density at radius 2 is 1.66 bits per heavy atom. The predicted molar refractivity (Wildman–Crippen MR) is 123 cm³/mol. The van der Waals surface area contributed by atoms with Gasteiger partial charge in [-0.1, -0.05) is 38.3 Å². The first-order chi connectivity index (χ1) is 15.6. The highest BCUT2D eigenvalue weighted by atomic mass is 16.5. The molecule has 168 valence electrons. The summed E-state index contributed by atoms with van der Waals surface area (Å²) in [6.07, 6.45) is 5.65. The van der Waals surface area contributed by atoms with Crippen molar-refractivity contribution < 1.29 is 19.1 Å². The molecule has 0 saturated heterocycles. The van der Waals surface area contributed by atoms with E-state index in [9.17, 15) is 14.4 Å². The Morgan fingerprint density at radius 3 is 2.31 bits per heavy atom. The molecule has 1 aliphatic heterocycles. The van der Waals surface area contributed by atoms with Crippen LogP contribution >= 0.6 is 0 Å². The average molecular weight is 435 g/mol. The molecule has 0 radical (unpaired) electrons. The lowest BCUT2D eigenvalue weighted by Crippen LogP contribution is -2.41. The zero-order valence-electron chi connectivity index (χ0n) is 18.5. The number of nitrogens with zero attached hydrogens (tertiary/aromatic N) is 1. The summed E-state index contributed by atoms with van der Waals surface area (Å²) in [6, 6.07) is 14.3. The third-order valence-electron chi connectivity index (χ3n) is 6.43. The third-order valence-corrected chi connectivity index (χ3v) is 6.43. The molecule has 2 aromatic rings. The molecule has 4 rings (SSSR count). The fourth-order valence-electron chi connectivity index (χ4n) is 4.61. The number of benzene rings is 2. The summed E-state index contributed by atoms with van der Waals surface area (Å²) >= 11 is 0. The first-order valence-electron chi connectivity index (χ1n) is 11.6. The van der Waals surface area contributed by atoms with E-state index in [0.29, 0.717) is 17.7 Å². The Labute approximate surface area is 188 Å². The zero-order valence-corrected chi connectivity index (χ0v) is 18.5. The quantitative estimate of drug-likeness (QED) is 0.473. The van der Waals surface area contributed by atoms with Crippen molar-refractivity contribution in [2.45, 2.75) is 45.4 Å². The first-order valence-corrected chi connectivity index (χ1v) is 11.6. The molecule has 1 aliphatic carbocycles. The Morgan fingerprint density at radius 1 is 1.00 bits per heavy atom. The van der Waals surface area contributed by atoms with E-state index in [1.165, 1.54) is 4.90 Å². The third kappa shape index (κ3) is 4.69. The summed E-state index contributed by atoms with van der Waals surface area (Å²) < 4.78 is 5.68. The van der Waals surface area contributed by atoms with Crippen LogP contribution in [-0.2, 0) is 4.79 Å². The fourth-order valence-corrected chi connectivity index (χ4v) is 4.61.